The Balaban J connectivity index is 1.40. The molecule has 0 spiro atoms. The Morgan fingerprint density at radius 1 is 1.13 bits per heavy atom. The molecule has 0 unspecified atom stereocenters. The number of hydrogen-bond donors (Lipinski definition) is 2. The molecule has 0 saturated carbocycles. The minimum atomic E-state index is -1.14. The molecule has 0 saturated heterocycles. The highest BCUT2D eigenvalue weighted by Crippen LogP contribution is 2.29. The molecule has 1 amide bonds. The van der Waals surface area contributed by atoms with Crippen LogP contribution in [-0.2, 0) is 22.8 Å². The molecule has 0 aliphatic carbocycles. The zero-order valence-electron chi connectivity index (χ0n) is 22.6. The van der Waals surface area contributed by atoms with Crippen molar-refractivity contribution in [1.82, 2.24) is 29.5 Å². The molecule has 39 heavy (non-hydrogen) atoms. The maximum absolute atomic E-state index is 11.4. The van der Waals surface area contributed by atoms with Crippen molar-refractivity contribution in [2.24, 2.45) is 0 Å². The number of aryl methyl sites for hydroxylation is 1. The third kappa shape index (κ3) is 8.09. The third-order valence-corrected chi connectivity index (χ3v) is 7.79. The summed E-state index contributed by atoms with van der Waals surface area (Å²) in [5, 5.41) is 15.4. The van der Waals surface area contributed by atoms with Gasteiger partial charge >= 0.3 is 0 Å². The molecule has 0 radical (unpaired) electrons. The van der Waals surface area contributed by atoms with Crippen molar-refractivity contribution in [2.75, 3.05) is 17.2 Å². The second-order valence-electron chi connectivity index (χ2n) is 10.3. The van der Waals surface area contributed by atoms with Crippen LogP contribution in [0.4, 0.5) is 17.3 Å². The zero-order valence-corrected chi connectivity index (χ0v) is 24.4. The number of nitrogens with one attached hydrogen (secondary N) is 2. The van der Waals surface area contributed by atoms with Crippen molar-refractivity contribution in [3.63, 3.8) is 0 Å². The van der Waals surface area contributed by atoms with Crippen LogP contribution in [0, 0.1) is 6.92 Å². The third-order valence-electron chi connectivity index (χ3n) is 5.81. The van der Waals surface area contributed by atoms with Gasteiger partial charge in [-0.05, 0) is 36.7 Å². The predicted molar refractivity (Wildman–Crippen MR) is 157 cm³/mol. The Kier molecular flexibility index (Phi) is 8.95. The van der Waals surface area contributed by atoms with Crippen LogP contribution < -0.4 is 10.6 Å². The summed E-state index contributed by atoms with van der Waals surface area (Å²) < 4.78 is 9.40. The maximum Gasteiger partial charge on any atom is 0.247 e. The Hall–Kier alpha value is -3.80. The highest BCUT2D eigenvalue weighted by atomic mass is 35.5. The number of halogens is 1. The van der Waals surface area contributed by atoms with Gasteiger partial charge in [-0.15, -0.1) is 0 Å². The van der Waals surface area contributed by atoms with Crippen molar-refractivity contribution < 1.29 is 9.53 Å². The monoisotopic (exact) mass is 564 g/mol. The molecular weight excluding hydrogens is 532 g/mol. The smallest absolute Gasteiger partial charge is 0.247 e. The predicted octanol–water partition coefficient (Wildman–Crippen LogP) is 5.73. The quantitative estimate of drug-likeness (QED) is 0.128. The molecule has 0 fully saturated rings. The lowest BCUT2D eigenvalue weighted by Gasteiger charge is -2.15. The van der Waals surface area contributed by atoms with Gasteiger partial charge < -0.3 is 15.4 Å². The van der Waals surface area contributed by atoms with Crippen molar-refractivity contribution >= 4 is 42.9 Å². The standard InChI is InChI=1S/C27H33ClN8O2Si/c1-6-25(37)31-21-9-7-20(8-10-21)15-35-16-22(13-30-35)32-27-29-14-24(28)26(33-27)23-17-36(34-19(23)2)18-38-11-12-39(3,4)5/h6-10,13-14,16-17H,1,11-12,15,18H2,2-5H3,(H,31,37)(H,29,32,33). The van der Waals surface area contributed by atoms with E-state index in [2.05, 4.69) is 57.0 Å². The summed E-state index contributed by atoms with van der Waals surface area (Å²) >= 11 is 6.47. The van der Waals surface area contributed by atoms with E-state index < -0.39 is 8.07 Å². The van der Waals surface area contributed by atoms with Gasteiger partial charge in [0.25, 0.3) is 0 Å². The Morgan fingerprint density at radius 2 is 1.90 bits per heavy atom. The van der Waals surface area contributed by atoms with E-state index in [-0.39, 0.29) is 5.91 Å². The molecular formula is C27H33ClN8O2Si. The minimum absolute atomic E-state index is 0.246. The van der Waals surface area contributed by atoms with E-state index >= 15 is 0 Å². The normalized spacial score (nSPS) is 11.4. The van der Waals surface area contributed by atoms with Gasteiger partial charge in [0.05, 0.1) is 41.0 Å². The fourth-order valence-electron chi connectivity index (χ4n) is 3.69. The molecule has 0 aliphatic heterocycles. The maximum atomic E-state index is 11.4. The average molecular weight is 565 g/mol. The van der Waals surface area contributed by atoms with E-state index in [9.17, 15) is 4.79 Å². The minimum Gasteiger partial charge on any atom is -0.360 e. The first-order valence-electron chi connectivity index (χ1n) is 12.6. The van der Waals surface area contributed by atoms with E-state index in [1.807, 2.05) is 43.6 Å². The first-order chi connectivity index (χ1) is 18.6. The van der Waals surface area contributed by atoms with Gasteiger partial charge in [0.15, 0.2) is 0 Å². The summed E-state index contributed by atoms with van der Waals surface area (Å²) in [5.74, 6) is 0.152. The molecule has 1 aromatic carbocycles. The molecule has 2 N–H and O–H groups in total. The number of rotatable bonds is 12. The largest absolute Gasteiger partial charge is 0.360 e. The van der Waals surface area contributed by atoms with Crippen molar-refractivity contribution in [3.8, 4) is 11.3 Å². The van der Waals surface area contributed by atoms with Crippen LogP contribution in [0.25, 0.3) is 11.3 Å². The second kappa shape index (κ2) is 12.4. The van der Waals surface area contributed by atoms with Gasteiger partial charge in [0.1, 0.15) is 6.73 Å². The topological polar surface area (TPSA) is 112 Å². The van der Waals surface area contributed by atoms with E-state index in [4.69, 9.17) is 16.3 Å². The van der Waals surface area contributed by atoms with Crippen LogP contribution >= 0.6 is 11.6 Å². The molecule has 12 heteroatoms. The molecule has 0 atom stereocenters. The van der Waals surface area contributed by atoms with Gasteiger partial charge in [-0.3, -0.25) is 9.48 Å². The SMILES string of the molecule is C=CC(=O)Nc1ccc(Cn2cc(Nc3ncc(Cl)c(-c4cn(COCC[Si](C)(C)C)nc4C)n3)cn2)cc1. The van der Waals surface area contributed by atoms with Crippen molar-refractivity contribution in [1.29, 1.82) is 0 Å². The molecule has 204 valence electrons. The number of carbonyl (C=O) groups is 1. The fraction of sp³-hybridized carbons (Fsp3) is 0.296. The highest BCUT2D eigenvalue weighted by Gasteiger charge is 2.16. The Labute approximate surface area is 234 Å². The molecule has 0 bridgehead atoms. The van der Waals surface area contributed by atoms with Crippen LogP contribution in [0.2, 0.25) is 30.7 Å². The molecule has 10 nitrogen and oxygen atoms in total. The summed E-state index contributed by atoms with van der Waals surface area (Å²) in [4.78, 5) is 20.4. The van der Waals surface area contributed by atoms with Crippen molar-refractivity contribution in [2.45, 2.75) is 45.9 Å². The molecule has 3 aromatic heterocycles. The highest BCUT2D eigenvalue weighted by molar-refractivity contribution is 6.76. The lowest BCUT2D eigenvalue weighted by Crippen LogP contribution is -2.22. The summed E-state index contributed by atoms with van der Waals surface area (Å²) in [6, 6.07) is 8.65. The number of nitrogens with zero attached hydrogens (tertiary/aromatic N) is 6. The van der Waals surface area contributed by atoms with E-state index in [0.29, 0.717) is 35.6 Å². The van der Waals surface area contributed by atoms with Crippen LogP contribution in [0.3, 0.4) is 0 Å². The molecule has 4 rings (SSSR count). The number of aromatic nitrogens is 6. The zero-order chi connectivity index (χ0) is 28.0. The van der Waals surface area contributed by atoms with Crippen LogP contribution in [0.5, 0.6) is 0 Å². The summed E-state index contributed by atoms with van der Waals surface area (Å²) in [5.41, 5.74) is 4.69. The molecule has 0 aliphatic rings. The van der Waals surface area contributed by atoms with E-state index in [1.54, 1.807) is 21.8 Å². The molecule has 3 heterocycles. The van der Waals surface area contributed by atoms with E-state index in [1.165, 1.54) is 6.08 Å². The van der Waals surface area contributed by atoms with Crippen LogP contribution in [0.15, 0.2) is 61.7 Å². The number of benzene rings is 1. The second-order valence-corrected chi connectivity index (χ2v) is 16.4. The molecule has 4 aromatic rings. The number of hydrogen-bond acceptors (Lipinski definition) is 7. The lowest BCUT2D eigenvalue weighted by molar-refractivity contribution is -0.111. The number of ether oxygens (including phenoxy) is 1. The summed E-state index contributed by atoms with van der Waals surface area (Å²) in [7, 11) is -1.14. The van der Waals surface area contributed by atoms with Crippen LogP contribution in [0.1, 0.15) is 11.3 Å². The lowest BCUT2D eigenvalue weighted by atomic mass is 10.2. The van der Waals surface area contributed by atoms with Crippen LogP contribution in [-0.4, -0.2) is 50.1 Å². The van der Waals surface area contributed by atoms with Gasteiger partial charge in [-0.1, -0.05) is 50.0 Å². The van der Waals surface area contributed by atoms with Gasteiger partial charge in [-0.25, -0.2) is 14.6 Å². The summed E-state index contributed by atoms with van der Waals surface area (Å²) in [6.07, 6.45) is 8.28. The average Bonchev–Trinajstić information content (AvgIpc) is 3.49. The Bertz CT molecular complexity index is 1440. The van der Waals surface area contributed by atoms with Crippen molar-refractivity contribution in [3.05, 3.63) is 78.0 Å². The first kappa shape index (κ1) is 28.2. The number of amides is 1. The van der Waals surface area contributed by atoms with Gasteiger partial charge in [0.2, 0.25) is 11.9 Å². The number of anilines is 3. The first-order valence-corrected chi connectivity index (χ1v) is 16.6. The Morgan fingerprint density at radius 3 is 2.62 bits per heavy atom. The van der Waals surface area contributed by atoms with Gasteiger partial charge in [0, 0.05) is 38.3 Å². The summed E-state index contributed by atoms with van der Waals surface area (Å²) in [6.45, 7) is 14.0. The fourth-order valence-corrected chi connectivity index (χ4v) is 4.64. The van der Waals surface area contributed by atoms with E-state index in [0.717, 1.165) is 35.2 Å². The number of carbonyl (C=O) groups excluding carboxylic acids is 1. The van der Waals surface area contributed by atoms with Gasteiger partial charge in [-0.2, -0.15) is 10.2 Å².